The summed E-state index contributed by atoms with van der Waals surface area (Å²) < 4.78 is 22.7. The second-order valence-electron chi connectivity index (χ2n) is 5.17. The van der Waals surface area contributed by atoms with Gasteiger partial charge in [-0.2, -0.15) is 0 Å². The van der Waals surface area contributed by atoms with Crippen molar-refractivity contribution in [2.24, 2.45) is 11.8 Å². The van der Waals surface area contributed by atoms with E-state index in [-0.39, 0.29) is 23.3 Å². The summed E-state index contributed by atoms with van der Waals surface area (Å²) in [5, 5.41) is 2.77. The van der Waals surface area contributed by atoms with Gasteiger partial charge < -0.3 is 10.7 Å². The number of nitrogens with one attached hydrogen (secondary N) is 2. The molecule has 0 aromatic heterocycles. The Morgan fingerprint density at radius 2 is 2.20 bits per heavy atom. The number of carbonyl (C=O) groups is 1. The minimum atomic E-state index is -2.91. The number of rotatable bonds is 4. The third kappa shape index (κ3) is 3.49. The topological polar surface area (TPSA) is 101 Å². The van der Waals surface area contributed by atoms with Crippen LogP contribution < -0.4 is 16.6 Å². The maximum atomic E-state index is 12.1. The highest BCUT2D eigenvalue weighted by Crippen LogP contribution is 2.19. The highest BCUT2D eigenvalue weighted by Gasteiger charge is 2.28. The zero-order valence-electron chi connectivity index (χ0n) is 11.3. The van der Waals surface area contributed by atoms with Gasteiger partial charge in [0, 0.05) is 6.54 Å². The first-order valence-corrected chi connectivity index (χ1v) is 8.29. The van der Waals surface area contributed by atoms with E-state index in [1.54, 1.807) is 12.1 Å². The van der Waals surface area contributed by atoms with Gasteiger partial charge in [-0.1, -0.05) is 6.07 Å². The van der Waals surface area contributed by atoms with Crippen molar-refractivity contribution in [2.45, 2.75) is 13.3 Å². The van der Waals surface area contributed by atoms with Crippen LogP contribution in [0.15, 0.2) is 18.2 Å². The van der Waals surface area contributed by atoms with Gasteiger partial charge in [0.05, 0.1) is 22.8 Å². The van der Waals surface area contributed by atoms with Gasteiger partial charge in [0.2, 0.25) is 0 Å². The molecule has 1 saturated heterocycles. The second-order valence-corrected chi connectivity index (χ2v) is 7.40. The SMILES string of the molecule is Cc1ccc(C(=O)NCC2CCS(=O)(=O)C2)c(NN)c1. The summed E-state index contributed by atoms with van der Waals surface area (Å²) in [5.41, 5.74) is 4.51. The van der Waals surface area contributed by atoms with E-state index < -0.39 is 9.84 Å². The molecule has 6 nitrogen and oxygen atoms in total. The van der Waals surface area contributed by atoms with E-state index in [0.29, 0.717) is 24.2 Å². The van der Waals surface area contributed by atoms with Crippen LogP contribution in [0.1, 0.15) is 22.3 Å². The van der Waals surface area contributed by atoms with Gasteiger partial charge in [-0.15, -0.1) is 0 Å². The molecule has 1 amide bonds. The monoisotopic (exact) mass is 297 g/mol. The van der Waals surface area contributed by atoms with Gasteiger partial charge in [-0.3, -0.25) is 10.6 Å². The normalized spacial score (nSPS) is 20.6. The van der Waals surface area contributed by atoms with Gasteiger partial charge >= 0.3 is 0 Å². The molecular formula is C13H19N3O3S. The average Bonchev–Trinajstić information content (AvgIpc) is 2.75. The summed E-state index contributed by atoms with van der Waals surface area (Å²) in [6.45, 7) is 2.28. The van der Waals surface area contributed by atoms with Crippen LogP contribution in [0.2, 0.25) is 0 Å². The third-order valence-electron chi connectivity index (χ3n) is 3.45. The fourth-order valence-corrected chi connectivity index (χ4v) is 4.20. The minimum absolute atomic E-state index is 0.00341. The molecule has 2 rings (SSSR count). The molecule has 1 aromatic carbocycles. The number of hydrazine groups is 1. The van der Waals surface area contributed by atoms with E-state index in [0.717, 1.165) is 5.56 Å². The van der Waals surface area contributed by atoms with Gasteiger partial charge in [0.25, 0.3) is 5.91 Å². The Morgan fingerprint density at radius 1 is 1.45 bits per heavy atom. The average molecular weight is 297 g/mol. The number of hydrogen-bond donors (Lipinski definition) is 3. The molecule has 0 radical (unpaired) electrons. The molecule has 0 spiro atoms. The molecule has 0 saturated carbocycles. The number of carbonyl (C=O) groups excluding carboxylic acids is 1. The predicted octanol–water partition coefficient (Wildman–Crippen LogP) is 0.445. The molecule has 1 atom stereocenters. The first-order chi connectivity index (χ1) is 9.41. The molecule has 110 valence electrons. The Balaban J connectivity index is 1.99. The molecule has 4 N–H and O–H groups in total. The lowest BCUT2D eigenvalue weighted by molar-refractivity contribution is 0.0949. The van der Waals surface area contributed by atoms with Crippen LogP contribution in [-0.2, 0) is 9.84 Å². The van der Waals surface area contributed by atoms with Crippen molar-refractivity contribution in [1.29, 1.82) is 0 Å². The lowest BCUT2D eigenvalue weighted by atomic mass is 10.1. The van der Waals surface area contributed by atoms with Gasteiger partial charge in [-0.05, 0) is 37.0 Å². The number of aryl methyl sites for hydroxylation is 1. The Kier molecular flexibility index (Phi) is 4.29. The van der Waals surface area contributed by atoms with Gasteiger partial charge in [0.1, 0.15) is 0 Å². The highest BCUT2D eigenvalue weighted by atomic mass is 32.2. The van der Waals surface area contributed by atoms with Crippen molar-refractivity contribution in [3.63, 3.8) is 0 Å². The summed E-state index contributed by atoms with van der Waals surface area (Å²) in [7, 11) is -2.91. The molecular weight excluding hydrogens is 278 g/mol. The lowest BCUT2D eigenvalue weighted by Gasteiger charge is -2.12. The van der Waals surface area contributed by atoms with Crippen LogP contribution in [-0.4, -0.2) is 32.4 Å². The Labute approximate surface area is 118 Å². The number of anilines is 1. The summed E-state index contributed by atoms with van der Waals surface area (Å²) in [6.07, 6.45) is 0.610. The van der Waals surface area contributed by atoms with Crippen LogP contribution in [0.3, 0.4) is 0 Å². The van der Waals surface area contributed by atoms with E-state index in [4.69, 9.17) is 5.84 Å². The summed E-state index contributed by atoms with van der Waals surface area (Å²) in [5.74, 6) is 5.53. The van der Waals surface area contributed by atoms with Gasteiger partial charge in [-0.25, -0.2) is 8.42 Å². The maximum absolute atomic E-state index is 12.1. The summed E-state index contributed by atoms with van der Waals surface area (Å²) in [4.78, 5) is 12.1. The number of nitrogens with two attached hydrogens (primary N) is 1. The third-order valence-corrected chi connectivity index (χ3v) is 5.29. The first kappa shape index (κ1) is 14.8. The largest absolute Gasteiger partial charge is 0.352 e. The van der Waals surface area contributed by atoms with Crippen molar-refractivity contribution in [3.8, 4) is 0 Å². The van der Waals surface area contributed by atoms with Crippen molar-refractivity contribution < 1.29 is 13.2 Å². The molecule has 0 aliphatic carbocycles. The van der Waals surface area contributed by atoms with Crippen LogP contribution in [0.5, 0.6) is 0 Å². The smallest absolute Gasteiger partial charge is 0.253 e. The molecule has 1 heterocycles. The molecule has 1 fully saturated rings. The van der Waals surface area contributed by atoms with E-state index >= 15 is 0 Å². The maximum Gasteiger partial charge on any atom is 0.253 e. The fraction of sp³-hybridized carbons (Fsp3) is 0.462. The Bertz CT molecular complexity index is 613. The van der Waals surface area contributed by atoms with Crippen molar-refractivity contribution in [1.82, 2.24) is 5.32 Å². The van der Waals surface area contributed by atoms with Crippen LogP contribution in [0, 0.1) is 12.8 Å². The summed E-state index contributed by atoms with van der Waals surface area (Å²) in [6, 6.07) is 5.32. The quantitative estimate of drug-likeness (QED) is 0.553. The lowest BCUT2D eigenvalue weighted by Crippen LogP contribution is -2.30. The molecule has 1 aromatic rings. The van der Waals surface area contributed by atoms with Crippen molar-refractivity contribution >= 4 is 21.4 Å². The Morgan fingerprint density at radius 3 is 2.80 bits per heavy atom. The number of benzene rings is 1. The number of sulfone groups is 1. The Hall–Kier alpha value is -1.60. The molecule has 20 heavy (non-hydrogen) atoms. The van der Waals surface area contributed by atoms with E-state index in [1.165, 1.54) is 0 Å². The molecule has 1 aliphatic rings. The van der Waals surface area contributed by atoms with E-state index in [1.807, 2.05) is 13.0 Å². The first-order valence-electron chi connectivity index (χ1n) is 6.47. The zero-order valence-corrected chi connectivity index (χ0v) is 12.2. The van der Waals surface area contributed by atoms with E-state index in [2.05, 4.69) is 10.7 Å². The predicted molar refractivity (Wildman–Crippen MR) is 78.1 cm³/mol. The number of nitrogen functional groups attached to an aromatic ring is 1. The van der Waals surface area contributed by atoms with Crippen LogP contribution >= 0.6 is 0 Å². The van der Waals surface area contributed by atoms with Crippen molar-refractivity contribution in [2.75, 3.05) is 23.5 Å². The van der Waals surface area contributed by atoms with Gasteiger partial charge in [0.15, 0.2) is 9.84 Å². The highest BCUT2D eigenvalue weighted by molar-refractivity contribution is 7.91. The second kappa shape index (κ2) is 5.80. The molecule has 1 unspecified atom stereocenters. The number of hydrogen-bond acceptors (Lipinski definition) is 5. The van der Waals surface area contributed by atoms with Crippen LogP contribution in [0.25, 0.3) is 0 Å². The molecule has 0 bridgehead atoms. The molecule has 1 aliphatic heterocycles. The van der Waals surface area contributed by atoms with E-state index in [9.17, 15) is 13.2 Å². The zero-order chi connectivity index (χ0) is 14.8. The minimum Gasteiger partial charge on any atom is -0.352 e. The summed E-state index contributed by atoms with van der Waals surface area (Å²) >= 11 is 0. The van der Waals surface area contributed by atoms with Crippen molar-refractivity contribution in [3.05, 3.63) is 29.3 Å². The van der Waals surface area contributed by atoms with Crippen LogP contribution in [0.4, 0.5) is 5.69 Å². The standard InChI is InChI=1S/C13H19N3O3S/c1-9-2-3-11(12(6-9)16-14)13(17)15-7-10-4-5-20(18,19)8-10/h2-3,6,10,16H,4-5,7-8,14H2,1H3,(H,15,17). The molecule has 7 heteroatoms. The fourth-order valence-electron chi connectivity index (χ4n) is 2.34. The number of amides is 1.